The van der Waals surface area contributed by atoms with E-state index in [0.29, 0.717) is 24.6 Å². The van der Waals surface area contributed by atoms with Crippen LogP contribution in [0, 0.1) is 0 Å². The van der Waals surface area contributed by atoms with Crippen LogP contribution in [0.25, 0.3) is 0 Å². The van der Waals surface area contributed by atoms with Crippen molar-refractivity contribution < 1.29 is 9.53 Å². The number of aromatic nitrogens is 2. The maximum atomic E-state index is 12.1. The van der Waals surface area contributed by atoms with Crippen molar-refractivity contribution in [2.45, 2.75) is 13.0 Å². The molecule has 0 bridgehead atoms. The number of ether oxygens (including phenoxy) is 1. The molecule has 6 nitrogen and oxygen atoms in total. The van der Waals surface area contributed by atoms with E-state index in [2.05, 4.69) is 26.7 Å². The Kier molecular flexibility index (Phi) is 6.35. The van der Waals surface area contributed by atoms with Gasteiger partial charge in [0, 0.05) is 13.1 Å². The molecule has 0 radical (unpaired) electrons. The van der Waals surface area contributed by atoms with Crippen molar-refractivity contribution >= 4 is 11.7 Å². The van der Waals surface area contributed by atoms with Gasteiger partial charge in [-0.05, 0) is 29.7 Å². The van der Waals surface area contributed by atoms with Crippen LogP contribution in [-0.2, 0) is 13.0 Å². The van der Waals surface area contributed by atoms with E-state index in [1.807, 2.05) is 48.5 Å². The minimum absolute atomic E-state index is 0.241. The van der Waals surface area contributed by atoms with Crippen molar-refractivity contribution in [3.8, 4) is 5.75 Å². The largest absolute Gasteiger partial charge is 0.497 e. The third-order valence-corrected chi connectivity index (χ3v) is 4.03. The van der Waals surface area contributed by atoms with Crippen LogP contribution in [0.1, 0.15) is 21.6 Å². The zero-order valence-electron chi connectivity index (χ0n) is 15.2. The van der Waals surface area contributed by atoms with E-state index in [0.717, 1.165) is 17.7 Å². The Labute approximate surface area is 158 Å². The van der Waals surface area contributed by atoms with Crippen molar-refractivity contribution in [3.63, 3.8) is 0 Å². The highest BCUT2D eigenvalue weighted by molar-refractivity contribution is 5.91. The molecule has 2 N–H and O–H groups in total. The van der Waals surface area contributed by atoms with E-state index >= 15 is 0 Å². The van der Waals surface area contributed by atoms with Crippen LogP contribution in [-0.4, -0.2) is 29.5 Å². The predicted octanol–water partition coefficient (Wildman–Crippen LogP) is 3.07. The van der Waals surface area contributed by atoms with E-state index in [1.165, 1.54) is 11.8 Å². The Morgan fingerprint density at radius 3 is 2.56 bits per heavy atom. The first-order valence-electron chi connectivity index (χ1n) is 8.75. The van der Waals surface area contributed by atoms with Gasteiger partial charge in [-0.25, -0.2) is 9.97 Å². The zero-order valence-corrected chi connectivity index (χ0v) is 15.2. The highest BCUT2D eigenvalue weighted by atomic mass is 16.5. The summed E-state index contributed by atoms with van der Waals surface area (Å²) in [4.78, 5) is 20.6. The number of hydrogen-bond donors (Lipinski definition) is 2. The number of benzene rings is 2. The summed E-state index contributed by atoms with van der Waals surface area (Å²) in [5.41, 5.74) is 2.51. The number of methoxy groups -OCH3 is 1. The van der Waals surface area contributed by atoms with Gasteiger partial charge in [-0.1, -0.05) is 42.5 Å². The maximum absolute atomic E-state index is 12.1. The Morgan fingerprint density at radius 2 is 1.81 bits per heavy atom. The molecule has 0 aliphatic heterocycles. The lowest BCUT2D eigenvalue weighted by atomic mass is 10.1. The molecule has 2 aromatic carbocycles. The van der Waals surface area contributed by atoms with Gasteiger partial charge in [-0.3, -0.25) is 4.79 Å². The normalized spacial score (nSPS) is 10.3. The molecule has 0 unspecified atom stereocenters. The summed E-state index contributed by atoms with van der Waals surface area (Å²) in [6, 6.07) is 17.7. The van der Waals surface area contributed by atoms with Crippen LogP contribution in [0.2, 0.25) is 0 Å². The third-order valence-electron chi connectivity index (χ3n) is 4.03. The van der Waals surface area contributed by atoms with Gasteiger partial charge in [0.25, 0.3) is 5.91 Å². The molecule has 0 atom stereocenters. The van der Waals surface area contributed by atoms with Gasteiger partial charge in [0.2, 0.25) is 0 Å². The summed E-state index contributed by atoms with van der Waals surface area (Å²) in [5.74, 6) is 1.24. The molecular weight excluding hydrogens is 340 g/mol. The Balaban J connectivity index is 1.47. The van der Waals surface area contributed by atoms with Gasteiger partial charge >= 0.3 is 0 Å². The second kappa shape index (κ2) is 9.33. The van der Waals surface area contributed by atoms with Crippen molar-refractivity contribution in [2.24, 2.45) is 0 Å². The van der Waals surface area contributed by atoms with E-state index in [4.69, 9.17) is 4.74 Å². The first kappa shape index (κ1) is 18.4. The van der Waals surface area contributed by atoms with Crippen LogP contribution in [0.4, 0.5) is 5.82 Å². The highest BCUT2D eigenvalue weighted by Crippen LogP contribution is 2.13. The molecule has 3 aromatic rings. The summed E-state index contributed by atoms with van der Waals surface area (Å²) < 4.78 is 5.22. The number of hydrogen-bond acceptors (Lipinski definition) is 5. The molecule has 3 rings (SSSR count). The van der Waals surface area contributed by atoms with Gasteiger partial charge < -0.3 is 15.4 Å². The molecule has 1 aromatic heterocycles. The summed E-state index contributed by atoms with van der Waals surface area (Å²) in [5, 5.41) is 6.04. The lowest BCUT2D eigenvalue weighted by molar-refractivity contribution is 0.0945. The van der Waals surface area contributed by atoms with Crippen LogP contribution in [0.15, 0.2) is 67.0 Å². The monoisotopic (exact) mass is 362 g/mol. The van der Waals surface area contributed by atoms with E-state index < -0.39 is 0 Å². The smallest absolute Gasteiger partial charge is 0.271 e. The summed E-state index contributed by atoms with van der Waals surface area (Å²) in [7, 11) is 1.66. The van der Waals surface area contributed by atoms with Gasteiger partial charge in [0.05, 0.1) is 19.5 Å². The van der Waals surface area contributed by atoms with E-state index in [9.17, 15) is 4.79 Å². The quantitative estimate of drug-likeness (QED) is 0.644. The molecule has 0 saturated heterocycles. The van der Waals surface area contributed by atoms with Crippen molar-refractivity contribution in [1.29, 1.82) is 0 Å². The number of carbonyl (C=O) groups excluding carboxylic acids is 1. The fourth-order valence-electron chi connectivity index (χ4n) is 2.57. The van der Waals surface area contributed by atoms with Crippen LogP contribution < -0.4 is 15.4 Å². The maximum Gasteiger partial charge on any atom is 0.271 e. The molecule has 138 valence electrons. The van der Waals surface area contributed by atoms with Gasteiger partial charge in [-0.2, -0.15) is 0 Å². The molecule has 6 heteroatoms. The standard InChI is InChI=1S/C21H22N4O2/c1-27-18-9-5-8-16(12-18)10-11-22-20-15-23-19(14-24-20)21(26)25-13-17-6-3-2-4-7-17/h2-9,12,14-15H,10-11,13H2,1H3,(H,22,24)(H,25,26). The van der Waals surface area contributed by atoms with Crippen molar-refractivity contribution in [3.05, 3.63) is 83.8 Å². The lowest BCUT2D eigenvalue weighted by Crippen LogP contribution is -2.24. The van der Waals surface area contributed by atoms with Crippen LogP contribution in [0.5, 0.6) is 5.75 Å². The van der Waals surface area contributed by atoms with Crippen LogP contribution in [0.3, 0.4) is 0 Å². The Morgan fingerprint density at radius 1 is 1.00 bits per heavy atom. The van der Waals surface area contributed by atoms with Gasteiger partial charge in [-0.15, -0.1) is 0 Å². The average molecular weight is 362 g/mol. The molecule has 0 saturated carbocycles. The Hall–Kier alpha value is -3.41. The summed E-state index contributed by atoms with van der Waals surface area (Å²) in [6.07, 6.45) is 3.88. The van der Waals surface area contributed by atoms with Crippen molar-refractivity contribution in [2.75, 3.05) is 19.0 Å². The number of carbonyl (C=O) groups is 1. The number of nitrogens with zero attached hydrogens (tertiary/aromatic N) is 2. The number of amides is 1. The average Bonchev–Trinajstić information content (AvgIpc) is 2.73. The first-order valence-corrected chi connectivity index (χ1v) is 8.75. The van der Waals surface area contributed by atoms with Gasteiger partial charge in [0.15, 0.2) is 0 Å². The fraction of sp³-hybridized carbons (Fsp3) is 0.190. The first-order chi connectivity index (χ1) is 13.2. The van der Waals surface area contributed by atoms with E-state index in [-0.39, 0.29) is 5.91 Å². The summed E-state index contributed by atoms with van der Waals surface area (Å²) >= 11 is 0. The second-order valence-corrected chi connectivity index (χ2v) is 5.98. The highest BCUT2D eigenvalue weighted by Gasteiger charge is 2.07. The molecule has 0 aliphatic rings. The third kappa shape index (κ3) is 5.54. The number of anilines is 1. The lowest BCUT2D eigenvalue weighted by Gasteiger charge is -2.08. The van der Waals surface area contributed by atoms with E-state index in [1.54, 1.807) is 13.3 Å². The topological polar surface area (TPSA) is 76.1 Å². The minimum Gasteiger partial charge on any atom is -0.497 e. The Bertz CT molecular complexity index is 867. The molecule has 27 heavy (non-hydrogen) atoms. The fourth-order valence-corrected chi connectivity index (χ4v) is 2.57. The molecule has 0 fully saturated rings. The van der Waals surface area contributed by atoms with Gasteiger partial charge in [0.1, 0.15) is 17.3 Å². The summed E-state index contributed by atoms with van der Waals surface area (Å²) in [6.45, 7) is 1.17. The van der Waals surface area contributed by atoms with Crippen molar-refractivity contribution in [1.82, 2.24) is 15.3 Å². The predicted molar refractivity (Wildman–Crippen MR) is 105 cm³/mol. The second-order valence-electron chi connectivity index (χ2n) is 5.98. The SMILES string of the molecule is COc1cccc(CCNc2cnc(C(=O)NCc3ccccc3)cn2)c1. The molecule has 0 aliphatic carbocycles. The molecule has 1 amide bonds. The molecule has 1 heterocycles. The van der Waals surface area contributed by atoms with Crippen LogP contribution >= 0.6 is 0 Å². The molecule has 0 spiro atoms. The number of nitrogens with one attached hydrogen (secondary N) is 2. The number of rotatable bonds is 8. The molecular formula is C21H22N4O2. The zero-order chi connectivity index (χ0) is 18.9. The minimum atomic E-state index is -0.241.